The van der Waals surface area contributed by atoms with Gasteiger partial charge in [-0.3, -0.25) is 0 Å². The molecule has 0 N–H and O–H groups in total. The third-order valence-corrected chi connectivity index (χ3v) is 4.18. The zero-order valence-electron chi connectivity index (χ0n) is 10.5. The maximum Gasteiger partial charge on any atom is 0.00458 e. The Balaban J connectivity index is 2.27. The van der Waals surface area contributed by atoms with Gasteiger partial charge in [0.25, 0.3) is 0 Å². The van der Waals surface area contributed by atoms with Crippen LogP contribution < -0.4 is 0 Å². The summed E-state index contributed by atoms with van der Waals surface area (Å²) in [6.45, 7) is 8.46. The first kappa shape index (κ1) is 13.4. The molecule has 0 aromatic carbocycles. The van der Waals surface area contributed by atoms with E-state index in [1.165, 1.54) is 58.2 Å². The predicted molar refractivity (Wildman–Crippen MR) is 71.8 cm³/mol. The van der Waals surface area contributed by atoms with Crippen LogP contribution in [-0.2, 0) is 0 Å². The van der Waals surface area contributed by atoms with Gasteiger partial charge in [0.2, 0.25) is 0 Å². The summed E-state index contributed by atoms with van der Waals surface area (Å²) in [5.41, 5.74) is 0.602. The molecule has 1 nitrogen and oxygen atoms in total. The van der Waals surface area contributed by atoms with Crippen molar-refractivity contribution in [2.75, 3.05) is 25.4 Å². The lowest BCUT2D eigenvalue weighted by molar-refractivity contribution is 0.224. The van der Waals surface area contributed by atoms with Crippen LogP contribution in [0.4, 0.5) is 0 Å². The van der Waals surface area contributed by atoms with Gasteiger partial charge >= 0.3 is 0 Å². The van der Waals surface area contributed by atoms with Crippen LogP contribution in [-0.4, -0.2) is 30.3 Å². The van der Waals surface area contributed by atoms with E-state index in [4.69, 9.17) is 0 Å². The summed E-state index contributed by atoms with van der Waals surface area (Å²) >= 11 is 4.49. The molecule has 0 radical (unpaired) electrons. The van der Waals surface area contributed by atoms with Crippen LogP contribution in [0.25, 0.3) is 0 Å². The van der Waals surface area contributed by atoms with Crippen LogP contribution in [0.15, 0.2) is 0 Å². The second-order valence-corrected chi connectivity index (χ2v) is 5.46. The third-order valence-electron chi connectivity index (χ3n) is 3.51. The van der Waals surface area contributed by atoms with E-state index in [0.717, 1.165) is 5.75 Å². The minimum Gasteiger partial charge on any atom is -0.303 e. The first-order valence-electron chi connectivity index (χ1n) is 6.59. The highest BCUT2D eigenvalue weighted by atomic mass is 32.1. The number of unbranched alkanes of at least 4 members (excludes halogenated alkanes) is 2. The van der Waals surface area contributed by atoms with Crippen LogP contribution in [0.5, 0.6) is 0 Å². The Morgan fingerprint density at radius 3 is 1.93 bits per heavy atom. The zero-order valence-corrected chi connectivity index (χ0v) is 11.4. The van der Waals surface area contributed by atoms with Crippen molar-refractivity contribution in [1.82, 2.24) is 4.90 Å². The average molecular weight is 229 g/mol. The van der Waals surface area contributed by atoms with Crippen molar-refractivity contribution in [2.24, 2.45) is 5.41 Å². The zero-order chi connectivity index (χ0) is 11.1. The maximum atomic E-state index is 4.49. The van der Waals surface area contributed by atoms with Gasteiger partial charge in [-0.25, -0.2) is 0 Å². The van der Waals surface area contributed by atoms with Crippen molar-refractivity contribution in [3.63, 3.8) is 0 Å². The van der Waals surface area contributed by atoms with Gasteiger partial charge in [0.15, 0.2) is 0 Å². The molecule has 0 spiro atoms. The van der Waals surface area contributed by atoms with E-state index < -0.39 is 0 Å². The molecule has 0 amide bonds. The van der Waals surface area contributed by atoms with E-state index in [0.29, 0.717) is 5.41 Å². The predicted octanol–water partition coefficient (Wildman–Crippen LogP) is 3.60. The molecule has 0 saturated heterocycles. The molecular weight excluding hydrogens is 202 g/mol. The Labute approximate surface area is 101 Å². The van der Waals surface area contributed by atoms with Gasteiger partial charge in [-0.2, -0.15) is 12.6 Å². The summed E-state index contributed by atoms with van der Waals surface area (Å²) < 4.78 is 0. The molecule has 0 aromatic rings. The van der Waals surface area contributed by atoms with Crippen molar-refractivity contribution < 1.29 is 0 Å². The minimum absolute atomic E-state index is 0.602. The molecule has 0 unspecified atom stereocenters. The van der Waals surface area contributed by atoms with Crippen molar-refractivity contribution in [3.8, 4) is 0 Å². The Hall–Kier alpha value is 0.310. The lowest BCUT2D eigenvalue weighted by Gasteiger charge is -2.26. The lowest BCUT2D eigenvalue weighted by Crippen LogP contribution is -2.33. The Kier molecular flexibility index (Phi) is 6.06. The fourth-order valence-electron chi connectivity index (χ4n) is 2.05. The number of hydrogen-bond donors (Lipinski definition) is 1. The molecule has 0 aromatic heterocycles. The van der Waals surface area contributed by atoms with Gasteiger partial charge in [0, 0.05) is 6.54 Å². The molecule has 2 heteroatoms. The van der Waals surface area contributed by atoms with Crippen molar-refractivity contribution in [1.29, 1.82) is 0 Å². The third kappa shape index (κ3) is 4.78. The highest BCUT2D eigenvalue weighted by molar-refractivity contribution is 7.80. The summed E-state index contributed by atoms with van der Waals surface area (Å²) in [4.78, 5) is 2.68. The van der Waals surface area contributed by atoms with Crippen molar-refractivity contribution in [2.45, 2.75) is 52.4 Å². The second kappa shape index (κ2) is 6.80. The lowest BCUT2D eigenvalue weighted by atomic mass is 10.1. The second-order valence-electron chi connectivity index (χ2n) is 5.14. The normalized spacial score (nSPS) is 18.4. The van der Waals surface area contributed by atoms with E-state index in [-0.39, 0.29) is 0 Å². The maximum absolute atomic E-state index is 4.49. The van der Waals surface area contributed by atoms with Crippen molar-refractivity contribution >= 4 is 12.6 Å². The first-order valence-corrected chi connectivity index (χ1v) is 7.23. The summed E-state index contributed by atoms with van der Waals surface area (Å²) in [5.74, 6) is 1.09. The molecule has 1 aliphatic rings. The number of rotatable bonds is 9. The van der Waals surface area contributed by atoms with Gasteiger partial charge in [-0.1, -0.05) is 26.7 Å². The van der Waals surface area contributed by atoms with Crippen LogP contribution >= 0.6 is 12.6 Å². The van der Waals surface area contributed by atoms with Gasteiger partial charge in [-0.05, 0) is 49.9 Å². The van der Waals surface area contributed by atoms with Crippen LogP contribution in [0.3, 0.4) is 0 Å². The molecule has 15 heavy (non-hydrogen) atoms. The molecular formula is C13H27NS. The Bertz CT molecular complexity index is 158. The van der Waals surface area contributed by atoms with Crippen LogP contribution in [0, 0.1) is 5.41 Å². The number of hydrogen-bond acceptors (Lipinski definition) is 2. The smallest absolute Gasteiger partial charge is 0.00458 e. The Morgan fingerprint density at radius 2 is 1.60 bits per heavy atom. The van der Waals surface area contributed by atoms with E-state index in [1.54, 1.807) is 0 Å². The van der Waals surface area contributed by atoms with Crippen LogP contribution in [0.2, 0.25) is 0 Å². The molecule has 0 atom stereocenters. The van der Waals surface area contributed by atoms with Gasteiger partial charge in [0.05, 0.1) is 0 Å². The average Bonchev–Trinajstić information content (AvgIpc) is 3.03. The highest BCUT2D eigenvalue weighted by Crippen LogP contribution is 2.47. The molecule has 1 aliphatic carbocycles. The summed E-state index contributed by atoms with van der Waals surface area (Å²) in [5, 5.41) is 0. The summed E-state index contributed by atoms with van der Waals surface area (Å²) in [7, 11) is 0. The summed E-state index contributed by atoms with van der Waals surface area (Å²) in [6, 6.07) is 0. The largest absolute Gasteiger partial charge is 0.303 e. The van der Waals surface area contributed by atoms with Gasteiger partial charge < -0.3 is 4.90 Å². The van der Waals surface area contributed by atoms with E-state index >= 15 is 0 Å². The minimum atomic E-state index is 0.602. The monoisotopic (exact) mass is 229 g/mol. The molecule has 0 heterocycles. The fourth-order valence-corrected chi connectivity index (χ4v) is 2.47. The first-order chi connectivity index (χ1) is 7.26. The van der Waals surface area contributed by atoms with Crippen molar-refractivity contribution in [3.05, 3.63) is 0 Å². The molecule has 1 saturated carbocycles. The quantitative estimate of drug-likeness (QED) is 0.591. The summed E-state index contributed by atoms with van der Waals surface area (Å²) in [6.07, 6.45) is 8.15. The van der Waals surface area contributed by atoms with E-state index in [1.807, 2.05) is 0 Å². The van der Waals surface area contributed by atoms with Gasteiger partial charge in [0.1, 0.15) is 0 Å². The number of thiol groups is 1. The molecule has 1 rings (SSSR count). The topological polar surface area (TPSA) is 3.24 Å². The highest BCUT2D eigenvalue weighted by Gasteiger charge is 2.42. The number of nitrogens with zero attached hydrogens (tertiary/aromatic N) is 1. The SMILES string of the molecule is CCCCN(CCCC)CC1(CS)CC1. The molecule has 0 aliphatic heterocycles. The van der Waals surface area contributed by atoms with E-state index in [2.05, 4.69) is 31.4 Å². The fraction of sp³-hybridized carbons (Fsp3) is 1.00. The van der Waals surface area contributed by atoms with Gasteiger partial charge in [-0.15, -0.1) is 0 Å². The van der Waals surface area contributed by atoms with E-state index in [9.17, 15) is 0 Å². The Morgan fingerprint density at radius 1 is 1.07 bits per heavy atom. The molecule has 1 fully saturated rings. The standard InChI is InChI=1S/C13H27NS/c1-3-5-9-14(10-6-4-2)11-13(12-15)7-8-13/h15H,3-12H2,1-2H3. The van der Waals surface area contributed by atoms with Crippen LogP contribution in [0.1, 0.15) is 52.4 Å². The molecule has 90 valence electrons. The molecule has 0 bridgehead atoms.